The lowest BCUT2D eigenvalue weighted by Gasteiger charge is -2.33. The van der Waals surface area contributed by atoms with Crippen molar-refractivity contribution < 1.29 is 14.7 Å². The number of carbonyl (C=O) groups excluding carboxylic acids is 1. The number of hydrogen-bond donors (Lipinski definition) is 3. The van der Waals surface area contributed by atoms with Crippen molar-refractivity contribution in [1.29, 1.82) is 0 Å². The SMILES string of the molecule is CC(CC(=O)O)NC(=O)NCCCN1CCCCC1C. The van der Waals surface area contributed by atoms with Crippen LogP contribution >= 0.6 is 0 Å². The van der Waals surface area contributed by atoms with Crippen LogP contribution in [0.2, 0.25) is 0 Å². The number of urea groups is 1. The van der Waals surface area contributed by atoms with E-state index in [1.165, 1.54) is 19.3 Å². The van der Waals surface area contributed by atoms with E-state index in [0.717, 1.165) is 19.5 Å². The van der Waals surface area contributed by atoms with Gasteiger partial charge in [-0.3, -0.25) is 4.79 Å². The number of likely N-dealkylation sites (tertiary alicyclic amines) is 1. The van der Waals surface area contributed by atoms with E-state index < -0.39 is 5.97 Å². The fraction of sp³-hybridized carbons (Fsp3) is 0.857. The quantitative estimate of drug-likeness (QED) is 0.618. The summed E-state index contributed by atoms with van der Waals surface area (Å²) in [5.41, 5.74) is 0. The molecule has 0 bridgehead atoms. The first-order chi connectivity index (χ1) is 9.49. The molecule has 3 N–H and O–H groups in total. The van der Waals surface area contributed by atoms with Gasteiger partial charge in [0.15, 0.2) is 0 Å². The zero-order valence-corrected chi connectivity index (χ0v) is 12.5. The second-order valence-electron chi connectivity index (χ2n) is 5.63. The molecule has 1 fully saturated rings. The molecule has 20 heavy (non-hydrogen) atoms. The Labute approximate surface area is 120 Å². The van der Waals surface area contributed by atoms with E-state index in [4.69, 9.17) is 5.11 Å². The van der Waals surface area contributed by atoms with Gasteiger partial charge in [0.1, 0.15) is 0 Å². The lowest BCUT2D eigenvalue weighted by atomic mass is 10.0. The van der Waals surface area contributed by atoms with Crippen molar-refractivity contribution in [3.05, 3.63) is 0 Å². The first kappa shape index (κ1) is 16.8. The predicted octanol–water partition coefficient (Wildman–Crippen LogP) is 1.41. The third-order valence-corrected chi connectivity index (χ3v) is 3.71. The first-order valence-corrected chi connectivity index (χ1v) is 7.49. The number of nitrogens with one attached hydrogen (secondary N) is 2. The van der Waals surface area contributed by atoms with E-state index in [9.17, 15) is 9.59 Å². The Balaban J connectivity index is 2.08. The lowest BCUT2D eigenvalue weighted by Crippen LogP contribution is -2.43. The van der Waals surface area contributed by atoms with Crippen molar-refractivity contribution in [2.45, 2.75) is 58.0 Å². The van der Waals surface area contributed by atoms with Gasteiger partial charge < -0.3 is 20.6 Å². The number of hydrogen-bond acceptors (Lipinski definition) is 3. The first-order valence-electron chi connectivity index (χ1n) is 7.49. The fourth-order valence-electron chi connectivity index (χ4n) is 2.56. The minimum Gasteiger partial charge on any atom is -0.481 e. The molecule has 1 aliphatic rings. The Morgan fingerprint density at radius 3 is 2.80 bits per heavy atom. The molecule has 116 valence electrons. The molecule has 1 saturated heterocycles. The van der Waals surface area contributed by atoms with E-state index >= 15 is 0 Å². The summed E-state index contributed by atoms with van der Waals surface area (Å²) in [6, 6.07) is 0.00762. The van der Waals surface area contributed by atoms with Crippen LogP contribution in [0.3, 0.4) is 0 Å². The molecule has 2 amide bonds. The molecule has 0 aromatic carbocycles. The molecule has 1 rings (SSSR count). The fourth-order valence-corrected chi connectivity index (χ4v) is 2.56. The molecule has 2 atom stereocenters. The molecule has 0 saturated carbocycles. The Morgan fingerprint density at radius 2 is 2.15 bits per heavy atom. The summed E-state index contributed by atoms with van der Waals surface area (Å²) in [6.07, 6.45) is 4.72. The van der Waals surface area contributed by atoms with Crippen molar-refractivity contribution in [3.63, 3.8) is 0 Å². The number of carboxylic acid groups (broad SMARTS) is 1. The molecule has 6 heteroatoms. The molecule has 0 aromatic heterocycles. The second kappa shape index (κ2) is 8.79. The van der Waals surface area contributed by atoms with Crippen LogP contribution in [-0.2, 0) is 4.79 Å². The van der Waals surface area contributed by atoms with Crippen LogP contribution in [0.5, 0.6) is 0 Å². The molecule has 0 radical (unpaired) electrons. The Hall–Kier alpha value is -1.30. The highest BCUT2D eigenvalue weighted by Gasteiger charge is 2.17. The number of nitrogens with zero attached hydrogens (tertiary/aromatic N) is 1. The summed E-state index contributed by atoms with van der Waals surface area (Å²) >= 11 is 0. The maximum atomic E-state index is 11.5. The average molecular weight is 285 g/mol. The summed E-state index contributed by atoms with van der Waals surface area (Å²) in [6.45, 7) is 6.72. The van der Waals surface area contributed by atoms with Gasteiger partial charge in [-0.25, -0.2) is 4.79 Å². The largest absolute Gasteiger partial charge is 0.481 e. The number of carboxylic acids is 1. The van der Waals surface area contributed by atoms with Crippen LogP contribution in [0.4, 0.5) is 4.79 Å². The molecule has 0 spiro atoms. The van der Waals surface area contributed by atoms with Gasteiger partial charge in [0.25, 0.3) is 0 Å². The monoisotopic (exact) mass is 285 g/mol. The Bertz CT molecular complexity index is 323. The van der Waals surface area contributed by atoms with Gasteiger partial charge in [-0.2, -0.15) is 0 Å². The molecular formula is C14H27N3O3. The summed E-state index contributed by atoms with van der Waals surface area (Å²) in [5.74, 6) is -0.906. The van der Waals surface area contributed by atoms with E-state index in [1.54, 1.807) is 6.92 Å². The van der Waals surface area contributed by atoms with Gasteiger partial charge in [0.05, 0.1) is 6.42 Å². The average Bonchev–Trinajstić information content (AvgIpc) is 2.35. The predicted molar refractivity (Wildman–Crippen MR) is 77.8 cm³/mol. The number of piperidine rings is 1. The van der Waals surface area contributed by atoms with Gasteiger partial charge in [-0.1, -0.05) is 6.42 Å². The van der Waals surface area contributed by atoms with Crippen LogP contribution in [-0.4, -0.2) is 53.7 Å². The standard InChI is InChI=1S/C14H27N3O3/c1-11(10-13(18)19)16-14(20)15-7-5-9-17-8-4-3-6-12(17)2/h11-12H,3-10H2,1-2H3,(H,18,19)(H2,15,16,20). The zero-order chi connectivity index (χ0) is 15.0. The van der Waals surface area contributed by atoms with Crippen LogP contribution in [0.15, 0.2) is 0 Å². The lowest BCUT2D eigenvalue weighted by molar-refractivity contribution is -0.137. The maximum absolute atomic E-state index is 11.5. The highest BCUT2D eigenvalue weighted by Crippen LogP contribution is 2.15. The third-order valence-electron chi connectivity index (χ3n) is 3.71. The van der Waals surface area contributed by atoms with Crippen molar-refractivity contribution in [2.24, 2.45) is 0 Å². The Kier molecular flexibility index (Phi) is 7.36. The van der Waals surface area contributed by atoms with Gasteiger partial charge in [-0.05, 0) is 39.7 Å². The van der Waals surface area contributed by atoms with E-state index in [-0.39, 0.29) is 18.5 Å². The van der Waals surface area contributed by atoms with Crippen LogP contribution in [0.25, 0.3) is 0 Å². The highest BCUT2D eigenvalue weighted by molar-refractivity contribution is 5.75. The van der Waals surface area contributed by atoms with Crippen molar-refractivity contribution in [1.82, 2.24) is 15.5 Å². The summed E-state index contributed by atoms with van der Waals surface area (Å²) < 4.78 is 0. The number of rotatable bonds is 7. The van der Waals surface area contributed by atoms with Gasteiger partial charge in [0, 0.05) is 25.2 Å². The van der Waals surface area contributed by atoms with Crippen molar-refractivity contribution in [3.8, 4) is 0 Å². The van der Waals surface area contributed by atoms with Gasteiger partial charge in [-0.15, -0.1) is 0 Å². The summed E-state index contributed by atoms with van der Waals surface area (Å²) in [4.78, 5) is 24.5. The third kappa shape index (κ3) is 6.75. The maximum Gasteiger partial charge on any atom is 0.315 e. The molecular weight excluding hydrogens is 258 g/mol. The second-order valence-corrected chi connectivity index (χ2v) is 5.63. The molecule has 1 heterocycles. The van der Waals surface area contributed by atoms with Crippen molar-refractivity contribution in [2.75, 3.05) is 19.6 Å². The van der Waals surface area contributed by atoms with E-state index in [0.29, 0.717) is 12.6 Å². The smallest absolute Gasteiger partial charge is 0.315 e. The highest BCUT2D eigenvalue weighted by atomic mass is 16.4. The minimum atomic E-state index is -0.906. The van der Waals surface area contributed by atoms with E-state index in [2.05, 4.69) is 22.5 Å². The Morgan fingerprint density at radius 1 is 1.40 bits per heavy atom. The van der Waals surface area contributed by atoms with Crippen LogP contribution < -0.4 is 10.6 Å². The van der Waals surface area contributed by atoms with Gasteiger partial charge in [0.2, 0.25) is 0 Å². The molecule has 2 unspecified atom stereocenters. The minimum absolute atomic E-state index is 0.0568. The van der Waals surface area contributed by atoms with E-state index in [1.807, 2.05) is 0 Å². The molecule has 0 aromatic rings. The molecule has 0 aliphatic carbocycles. The normalized spacial score (nSPS) is 21.2. The molecule has 1 aliphatic heterocycles. The van der Waals surface area contributed by atoms with Gasteiger partial charge >= 0.3 is 12.0 Å². The van der Waals surface area contributed by atoms with Crippen LogP contribution in [0.1, 0.15) is 46.0 Å². The number of aliphatic carboxylic acids is 1. The number of amides is 2. The molecule has 6 nitrogen and oxygen atoms in total. The van der Waals surface area contributed by atoms with Crippen LogP contribution in [0, 0.1) is 0 Å². The zero-order valence-electron chi connectivity index (χ0n) is 12.5. The summed E-state index contributed by atoms with van der Waals surface area (Å²) in [7, 11) is 0. The number of carbonyl (C=O) groups is 2. The van der Waals surface area contributed by atoms with Crippen molar-refractivity contribution >= 4 is 12.0 Å². The summed E-state index contributed by atoms with van der Waals surface area (Å²) in [5, 5.41) is 14.0. The topological polar surface area (TPSA) is 81.7 Å².